The van der Waals surface area contributed by atoms with Crippen molar-refractivity contribution in [1.29, 1.82) is 0 Å². The van der Waals surface area contributed by atoms with E-state index in [1.165, 1.54) is 0 Å². The lowest BCUT2D eigenvalue weighted by atomic mass is 10.2. The average Bonchev–Trinajstić information content (AvgIpc) is 2.01. The summed E-state index contributed by atoms with van der Waals surface area (Å²) in [6, 6.07) is 0. The highest BCUT2D eigenvalue weighted by molar-refractivity contribution is 6.29. The fourth-order valence-corrected chi connectivity index (χ4v) is 0.735. The molecule has 0 radical (unpaired) electrons. The van der Waals surface area contributed by atoms with Gasteiger partial charge in [0.25, 0.3) is 0 Å². The third kappa shape index (κ3) is 1.30. The normalized spacial score (nSPS) is 9.64. The molecule has 2 N–H and O–H groups in total. The van der Waals surface area contributed by atoms with Crippen LogP contribution in [0, 0.1) is 5.82 Å². The van der Waals surface area contributed by atoms with Crippen LogP contribution < -0.4 is 5.73 Å². The van der Waals surface area contributed by atoms with Crippen molar-refractivity contribution in [2.45, 2.75) is 0 Å². The molecule has 0 aromatic carbocycles. The summed E-state index contributed by atoms with van der Waals surface area (Å²) in [4.78, 5) is 13.6. The Hall–Kier alpha value is -1.16. The summed E-state index contributed by atoms with van der Waals surface area (Å²) in [6.45, 7) is 0. The molecule has 0 aliphatic carbocycles. The van der Waals surface area contributed by atoms with E-state index in [1.807, 2.05) is 0 Å². The van der Waals surface area contributed by atoms with E-state index in [1.54, 1.807) is 0 Å². The van der Waals surface area contributed by atoms with E-state index >= 15 is 0 Å². The lowest BCUT2D eigenvalue weighted by Crippen LogP contribution is -1.99. The summed E-state index contributed by atoms with van der Waals surface area (Å²) >= 11 is 5.26. The van der Waals surface area contributed by atoms with Crippen molar-refractivity contribution in [2.24, 2.45) is 0 Å². The number of aromatic nitrogens is 1. The Morgan fingerprint density at radius 2 is 2.36 bits per heavy atom. The zero-order chi connectivity index (χ0) is 8.43. The second-order valence-electron chi connectivity index (χ2n) is 1.85. The number of anilines is 1. The molecule has 0 spiro atoms. The van der Waals surface area contributed by atoms with E-state index in [9.17, 15) is 9.18 Å². The van der Waals surface area contributed by atoms with E-state index in [0.717, 1.165) is 6.20 Å². The van der Waals surface area contributed by atoms with Gasteiger partial charge in [-0.2, -0.15) is 0 Å². The second kappa shape index (κ2) is 2.84. The van der Waals surface area contributed by atoms with Crippen molar-refractivity contribution in [3.8, 4) is 0 Å². The van der Waals surface area contributed by atoms with Gasteiger partial charge in [-0.3, -0.25) is 4.79 Å². The monoisotopic (exact) mass is 174 g/mol. The van der Waals surface area contributed by atoms with Crippen molar-refractivity contribution >= 4 is 23.6 Å². The molecule has 1 aromatic rings. The van der Waals surface area contributed by atoms with Crippen molar-refractivity contribution in [2.75, 3.05) is 5.73 Å². The van der Waals surface area contributed by atoms with Crippen LogP contribution in [0.1, 0.15) is 10.4 Å². The molecule has 3 nitrogen and oxygen atoms in total. The topological polar surface area (TPSA) is 56.0 Å². The number of carbonyl (C=O) groups is 1. The van der Waals surface area contributed by atoms with Crippen molar-refractivity contribution in [3.05, 3.63) is 22.7 Å². The number of nitrogen functional groups attached to an aromatic ring is 1. The van der Waals surface area contributed by atoms with Crippen LogP contribution in [0.25, 0.3) is 0 Å². The Labute approximate surface area is 67.0 Å². The van der Waals surface area contributed by atoms with Gasteiger partial charge in [0.05, 0.1) is 11.3 Å². The molecule has 0 saturated heterocycles. The third-order valence-corrected chi connectivity index (χ3v) is 1.44. The largest absolute Gasteiger partial charge is 0.396 e. The predicted molar refractivity (Wildman–Crippen MR) is 39.0 cm³/mol. The Morgan fingerprint density at radius 1 is 1.73 bits per heavy atom. The van der Waals surface area contributed by atoms with Crippen LogP contribution in [0.2, 0.25) is 5.15 Å². The number of pyridine rings is 1. The van der Waals surface area contributed by atoms with Crippen molar-refractivity contribution in [1.82, 2.24) is 4.98 Å². The van der Waals surface area contributed by atoms with Crippen LogP contribution in [-0.4, -0.2) is 11.3 Å². The first-order chi connectivity index (χ1) is 5.16. The summed E-state index contributed by atoms with van der Waals surface area (Å²) in [7, 11) is 0. The molecule has 0 aliphatic rings. The van der Waals surface area contributed by atoms with Gasteiger partial charge in [-0.25, -0.2) is 9.37 Å². The standard InChI is InChI=1S/C6H4ClFN2O/c7-6-4(8)5(9)3(2-11)1-10-6/h1-2H,(H2,9,10). The van der Waals surface area contributed by atoms with E-state index in [-0.39, 0.29) is 16.4 Å². The van der Waals surface area contributed by atoms with Crippen LogP contribution in [0.3, 0.4) is 0 Å². The van der Waals surface area contributed by atoms with E-state index in [2.05, 4.69) is 4.98 Å². The van der Waals surface area contributed by atoms with Gasteiger partial charge >= 0.3 is 0 Å². The smallest absolute Gasteiger partial charge is 0.184 e. The summed E-state index contributed by atoms with van der Waals surface area (Å²) < 4.78 is 12.7. The number of hydrogen-bond donors (Lipinski definition) is 1. The van der Waals surface area contributed by atoms with Gasteiger partial charge in [-0.15, -0.1) is 0 Å². The SMILES string of the molecule is Nc1c(C=O)cnc(Cl)c1F. The van der Waals surface area contributed by atoms with Crippen LogP contribution in [-0.2, 0) is 0 Å². The maximum atomic E-state index is 12.7. The minimum absolute atomic E-state index is 0.00639. The Kier molecular flexibility index (Phi) is 2.05. The van der Waals surface area contributed by atoms with E-state index < -0.39 is 5.82 Å². The molecule has 0 atom stereocenters. The first kappa shape index (κ1) is 7.94. The number of nitrogens with zero attached hydrogens (tertiary/aromatic N) is 1. The maximum absolute atomic E-state index is 12.7. The molecule has 58 valence electrons. The third-order valence-electron chi connectivity index (χ3n) is 1.17. The Bertz CT molecular complexity index is 303. The number of halogens is 2. The van der Waals surface area contributed by atoms with Gasteiger partial charge in [-0.1, -0.05) is 11.6 Å². The Morgan fingerprint density at radius 3 is 2.91 bits per heavy atom. The molecule has 0 aliphatic heterocycles. The molecule has 1 rings (SSSR count). The molecule has 0 unspecified atom stereocenters. The fraction of sp³-hybridized carbons (Fsp3) is 0. The van der Waals surface area contributed by atoms with Gasteiger partial charge in [0, 0.05) is 6.20 Å². The van der Waals surface area contributed by atoms with Gasteiger partial charge in [0.2, 0.25) is 0 Å². The highest BCUT2D eigenvalue weighted by Gasteiger charge is 2.08. The Balaban J connectivity index is 3.36. The van der Waals surface area contributed by atoms with Crippen LogP contribution in [0.15, 0.2) is 6.20 Å². The maximum Gasteiger partial charge on any atom is 0.184 e. The summed E-state index contributed by atoms with van der Waals surface area (Å²) in [5.74, 6) is -0.851. The number of rotatable bonds is 1. The molecule has 1 aromatic heterocycles. The number of nitrogens with two attached hydrogens (primary N) is 1. The van der Waals surface area contributed by atoms with Crippen molar-refractivity contribution < 1.29 is 9.18 Å². The first-order valence-electron chi connectivity index (χ1n) is 2.71. The molecule has 0 saturated carbocycles. The number of aldehydes is 1. The minimum Gasteiger partial charge on any atom is -0.396 e. The first-order valence-corrected chi connectivity index (χ1v) is 3.09. The zero-order valence-corrected chi connectivity index (χ0v) is 6.10. The zero-order valence-electron chi connectivity index (χ0n) is 5.34. The van der Waals surface area contributed by atoms with Crippen LogP contribution in [0.4, 0.5) is 10.1 Å². The van der Waals surface area contributed by atoms with E-state index in [4.69, 9.17) is 17.3 Å². The summed E-state index contributed by atoms with van der Waals surface area (Å²) in [5.41, 5.74) is 4.91. The lowest BCUT2D eigenvalue weighted by molar-refractivity contribution is 0.112. The fourth-order valence-electron chi connectivity index (χ4n) is 0.584. The van der Waals surface area contributed by atoms with Gasteiger partial charge in [0.15, 0.2) is 17.3 Å². The van der Waals surface area contributed by atoms with Crippen LogP contribution in [0.5, 0.6) is 0 Å². The van der Waals surface area contributed by atoms with Gasteiger partial charge < -0.3 is 5.73 Å². The molecular formula is C6H4ClFN2O. The lowest BCUT2D eigenvalue weighted by Gasteiger charge is -1.99. The molecule has 0 fully saturated rings. The van der Waals surface area contributed by atoms with Crippen molar-refractivity contribution in [3.63, 3.8) is 0 Å². The molecule has 5 heteroatoms. The highest BCUT2D eigenvalue weighted by Crippen LogP contribution is 2.19. The molecule has 11 heavy (non-hydrogen) atoms. The molecule has 0 amide bonds. The second-order valence-corrected chi connectivity index (χ2v) is 2.21. The van der Waals surface area contributed by atoms with Crippen LogP contribution >= 0.6 is 11.6 Å². The predicted octanol–water partition coefficient (Wildman–Crippen LogP) is 1.27. The molecular weight excluding hydrogens is 171 g/mol. The average molecular weight is 175 g/mol. The number of carbonyl (C=O) groups excluding carboxylic acids is 1. The summed E-state index contributed by atoms with van der Waals surface area (Å²) in [5, 5.41) is -0.326. The molecule has 1 heterocycles. The quantitative estimate of drug-likeness (QED) is 0.515. The minimum atomic E-state index is -0.851. The number of hydrogen-bond acceptors (Lipinski definition) is 3. The molecule has 0 bridgehead atoms. The van der Waals surface area contributed by atoms with Gasteiger partial charge in [0.1, 0.15) is 0 Å². The summed E-state index contributed by atoms with van der Waals surface area (Å²) in [6.07, 6.45) is 1.54. The highest BCUT2D eigenvalue weighted by atomic mass is 35.5. The van der Waals surface area contributed by atoms with Gasteiger partial charge in [-0.05, 0) is 0 Å². The van der Waals surface area contributed by atoms with E-state index in [0.29, 0.717) is 6.29 Å².